The van der Waals surface area contributed by atoms with Crippen LogP contribution in [0.2, 0.25) is 0 Å². The van der Waals surface area contributed by atoms with E-state index in [-0.39, 0.29) is 12.4 Å². The van der Waals surface area contributed by atoms with E-state index in [0.717, 1.165) is 22.0 Å². The summed E-state index contributed by atoms with van der Waals surface area (Å²) in [5.41, 5.74) is 2.58. The SMILES string of the molecule is C=C(CO)Cc1c[nH]c2ccc(F)cc12. The third kappa shape index (κ3) is 1.92. The van der Waals surface area contributed by atoms with E-state index >= 15 is 0 Å². The summed E-state index contributed by atoms with van der Waals surface area (Å²) in [7, 11) is 0. The molecule has 2 N–H and O–H groups in total. The van der Waals surface area contributed by atoms with Gasteiger partial charge in [0.15, 0.2) is 0 Å². The molecule has 0 spiro atoms. The molecule has 0 amide bonds. The molecule has 0 bridgehead atoms. The molecule has 1 aromatic carbocycles. The Morgan fingerprint density at radius 2 is 2.27 bits per heavy atom. The Balaban J connectivity index is 2.43. The summed E-state index contributed by atoms with van der Waals surface area (Å²) in [6, 6.07) is 4.62. The molecule has 1 aromatic heterocycles. The van der Waals surface area contributed by atoms with E-state index in [1.165, 1.54) is 12.1 Å². The molecule has 2 rings (SSSR count). The number of aromatic amines is 1. The molecule has 0 fully saturated rings. The lowest BCUT2D eigenvalue weighted by Crippen LogP contribution is -1.92. The summed E-state index contributed by atoms with van der Waals surface area (Å²) in [5.74, 6) is -0.252. The Morgan fingerprint density at radius 1 is 1.47 bits per heavy atom. The minimum absolute atomic E-state index is 0.0397. The van der Waals surface area contributed by atoms with Gasteiger partial charge in [-0.3, -0.25) is 0 Å². The highest BCUT2D eigenvalue weighted by Crippen LogP contribution is 2.21. The number of benzene rings is 1. The third-order valence-electron chi connectivity index (χ3n) is 2.39. The van der Waals surface area contributed by atoms with Crippen molar-refractivity contribution in [3.05, 3.63) is 47.9 Å². The highest BCUT2D eigenvalue weighted by atomic mass is 19.1. The van der Waals surface area contributed by atoms with E-state index in [4.69, 9.17) is 5.11 Å². The summed E-state index contributed by atoms with van der Waals surface area (Å²) in [6.45, 7) is 3.68. The van der Waals surface area contributed by atoms with E-state index in [2.05, 4.69) is 11.6 Å². The van der Waals surface area contributed by atoms with E-state index in [1.807, 2.05) is 6.20 Å². The second kappa shape index (κ2) is 3.87. The van der Waals surface area contributed by atoms with Gasteiger partial charge in [-0.2, -0.15) is 0 Å². The smallest absolute Gasteiger partial charge is 0.123 e. The molecule has 3 heteroatoms. The first kappa shape index (κ1) is 9.93. The molecule has 0 aliphatic carbocycles. The second-order valence-electron chi connectivity index (χ2n) is 3.59. The van der Waals surface area contributed by atoms with Crippen molar-refractivity contribution in [1.82, 2.24) is 4.98 Å². The summed E-state index contributed by atoms with van der Waals surface area (Å²) >= 11 is 0. The minimum atomic E-state index is -0.252. The minimum Gasteiger partial charge on any atom is -0.392 e. The van der Waals surface area contributed by atoms with Crippen LogP contribution in [0.1, 0.15) is 5.56 Å². The van der Waals surface area contributed by atoms with Crippen LogP contribution in [0.4, 0.5) is 4.39 Å². The molecule has 15 heavy (non-hydrogen) atoms. The fourth-order valence-electron chi connectivity index (χ4n) is 1.62. The highest BCUT2D eigenvalue weighted by Gasteiger charge is 2.05. The lowest BCUT2D eigenvalue weighted by atomic mass is 10.1. The monoisotopic (exact) mass is 205 g/mol. The first-order chi connectivity index (χ1) is 7.20. The molecule has 0 aliphatic rings. The Hall–Kier alpha value is -1.61. The van der Waals surface area contributed by atoms with Gasteiger partial charge in [0.25, 0.3) is 0 Å². The van der Waals surface area contributed by atoms with Gasteiger partial charge in [0.1, 0.15) is 5.82 Å². The van der Waals surface area contributed by atoms with Crippen LogP contribution in [0, 0.1) is 5.82 Å². The largest absolute Gasteiger partial charge is 0.392 e. The fourth-order valence-corrected chi connectivity index (χ4v) is 1.62. The molecule has 78 valence electrons. The maximum absolute atomic E-state index is 13.0. The van der Waals surface area contributed by atoms with Crippen molar-refractivity contribution < 1.29 is 9.50 Å². The maximum atomic E-state index is 13.0. The van der Waals surface area contributed by atoms with Gasteiger partial charge < -0.3 is 10.1 Å². The Morgan fingerprint density at radius 3 is 3.00 bits per heavy atom. The number of halogens is 1. The zero-order valence-electron chi connectivity index (χ0n) is 8.26. The van der Waals surface area contributed by atoms with Crippen molar-refractivity contribution in [2.75, 3.05) is 6.61 Å². The second-order valence-corrected chi connectivity index (χ2v) is 3.59. The number of aliphatic hydroxyl groups is 1. The van der Waals surface area contributed by atoms with Crippen LogP contribution in [0.15, 0.2) is 36.5 Å². The molecule has 0 radical (unpaired) electrons. The standard InChI is InChI=1S/C12H12FNO/c1-8(7-15)4-9-6-14-12-3-2-10(13)5-11(9)12/h2-3,5-6,14-15H,1,4,7H2. The van der Waals surface area contributed by atoms with E-state index < -0.39 is 0 Å². The number of aromatic nitrogens is 1. The van der Waals surface area contributed by atoms with Gasteiger partial charge in [-0.25, -0.2) is 4.39 Å². The molecule has 1 heterocycles. The molecular weight excluding hydrogens is 193 g/mol. The lowest BCUT2D eigenvalue weighted by Gasteiger charge is -2.00. The van der Waals surface area contributed by atoms with Crippen LogP contribution in [0.25, 0.3) is 10.9 Å². The first-order valence-electron chi connectivity index (χ1n) is 4.73. The van der Waals surface area contributed by atoms with Crippen molar-refractivity contribution in [3.8, 4) is 0 Å². The first-order valence-corrected chi connectivity index (χ1v) is 4.73. The van der Waals surface area contributed by atoms with E-state index in [0.29, 0.717) is 6.42 Å². The van der Waals surface area contributed by atoms with Crippen LogP contribution in [-0.2, 0) is 6.42 Å². The van der Waals surface area contributed by atoms with Crippen molar-refractivity contribution in [1.29, 1.82) is 0 Å². The van der Waals surface area contributed by atoms with Crippen molar-refractivity contribution in [3.63, 3.8) is 0 Å². The maximum Gasteiger partial charge on any atom is 0.123 e. The van der Waals surface area contributed by atoms with Crippen LogP contribution in [-0.4, -0.2) is 16.7 Å². The summed E-state index contributed by atoms with van der Waals surface area (Å²) in [5, 5.41) is 9.73. The summed E-state index contributed by atoms with van der Waals surface area (Å²) in [4.78, 5) is 3.06. The predicted molar refractivity (Wildman–Crippen MR) is 58.2 cm³/mol. The van der Waals surface area contributed by atoms with E-state index in [9.17, 15) is 4.39 Å². The van der Waals surface area contributed by atoms with Crippen LogP contribution < -0.4 is 0 Å². The number of H-pyrrole nitrogens is 1. The van der Waals surface area contributed by atoms with Gasteiger partial charge in [-0.1, -0.05) is 6.58 Å². The highest BCUT2D eigenvalue weighted by molar-refractivity contribution is 5.83. The molecule has 2 nitrogen and oxygen atoms in total. The summed E-state index contributed by atoms with van der Waals surface area (Å²) < 4.78 is 13.0. The predicted octanol–water partition coefficient (Wildman–Crippen LogP) is 2.40. The number of aliphatic hydroxyl groups excluding tert-OH is 1. The van der Waals surface area contributed by atoms with Gasteiger partial charge in [0, 0.05) is 17.1 Å². The number of nitrogens with one attached hydrogen (secondary N) is 1. The summed E-state index contributed by atoms with van der Waals surface area (Å²) in [6.07, 6.45) is 2.39. The van der Waals surface area contributed by atoms with Crippen LogP contribution in [0.3, 0.4) is 0 Å². The number of hydrogen-bond donors (Lipinski definition) is 2. The molecule has 0 aliphatic heterocycles. The zero-order chi connectivity index (χ0) is 10.8. The molecule has 0 saturated heterocycles. The molecule has 0 atom stereocenters. The van der Waals surface area contributed by atoms with E-state index in [1.54, 1.807) is 6.07 Å². The van der Waals surface area contributed by atoms with Crippen molar-refractivity contribution in [2.45, 2.75) is 6.42 Å². The lowest BCUT2D eigenvalue weighted by molar-refractivity contribution is 0.329. The normalized spacial score (nSPS) is 10.8. The van der Waals surface area contributed by atoms with Gasteiger partial charge in [-0.15, -0.1) is 0 Å². The quantitative estimate of drug-likeness (QED) is 0.741. The van der Waals surface area contributed by atoms with Gasteiger partial charge in [-0.05, 0) is 35.8 Å². The fraction of sp³-hybridized carbons (Fsp3) is 0.167. The molecule has 0 unspecified atom stereocenters. The van der Waals surface area contributed by atoms with Gasteiger partial charge >= 0.3 is 0 Å². The number of rotatable bonds is 3. The van der Waals surface area contributed by atoms with Gasteiger partial charge in [0.05, 0.1) is 6.61 Å². The average Bonchev–Trinajstić information content (AvgIpc) is 2.61. The number of fused-ring (bicyclic) bond motifs is 1. The van der Waals surface area contributed by atoms with Gasteiger partial charge in [0.2, 0.25) is 0 Å². The zero-order valence-corrected chi connectivity index (χ0v) is 8.26. The topological polar surface area (TPSA) is 36.0 Å². The number of hydrogen-bond acceptors (Lipinski definition) is 1. The van der Waals surface area contributed by atoms with Crippen LogP contribution >= 0.6 is 0 Å². The Labute approximate surface area is 87.1 Å². The molecular formula is C12H12FNO. The van der Waals surface area contributed by atoms with Crippen LogP contribution in [0.5, 0.6) is 0 Å². The Bertz CT molecular complexity index is 501. The molecule has 2 aromatic rings. The molecule has 0 saturated carbocycles. The van der Waals surface area contributed by atoms with Crippen molar-refractivity contribution >= 4 is 10.9 Å². The third-order valence-corrected chi connectivity index (χ3v) is 2.39. The Kier molecular flexibility index (Phi) is 2.56. The van der Waals surface area contributed by atoms with Crippen molar-refractivity contribution in [2.24, 2.45) is 0 Å². The average molecular weight is 205 g/mol.